The minimum Gasteiger partial charge on any atom is -0.465 e. The zero-order chi connectivity index (χ0) is 20.5. The largest absolute Gasteiger partial charge is 0.465 e. The molecular formula is C19H17N3O6. The normalized spacial score (nSPS) is 17.4. The van der Waals surface area contributed by atoms with Gasteiger partial charge in [-0.05, 0) is 32.0 Å². The number of nitrogens with zero attached hydrogens (tertiary/aromatic N) is 1. The molecule has 1 aliphatic heterocycles. The number of esters is 1. The van der Waals surface area contributed by atoms with Crippen LogP contribution in [0, 0.1) is 10.1 Å². The lowest BCUT2D eigenvalue weighted by atomic mass is 9.84. The lowest BCUT2D eigenvalue weighted by Gasteiger charge is -2.19. The first kappa shape index (κ1) is 19.0. The molecule has 2 N–H and O–H groups in total. The van der Waals surface area contributed by atoms with Crippen LogP contribution in [0.4, 0.5) is 17.1 Å². The molecule has 9 heteroatoms. The standard InChI is InChI=1S/C19H17N3O6/c1-3-28-18(25)19(2)14-8-7-12(10-15(14)21-17(19)24)20-16(23)11-5-4-6-13(9-11)22(26)27/h4-10H,3H2,1-2H3,(H,20,23)(H,21,24). The summed E-state index contributed by atoms with van der Waals surface area (Å²) in [6.07, 6.45) is 0. The first-order valence-electron chi connectivity index (χ1n) is 8.46. The highest BCUT2D eigenvalue weighted by Gasteiger charge is 2.50. The first-order valence-corrected chi connectivity index (χ1v) is 8.46. The van der Waals surface area contributed by atoms with Crippen LogP contribution in [0.5, 0.6) is 0 Å². The maximum absolute atomic E-state index is 12.4. The van der Waals surface area contributed by atoms with Gasteiger partial charge in [-0.15, -0.1) is 0 Å². The molecule has 0 fully saturated rings. The molecule has 3 rings (SSSR count). The molecule has 2 amide bonds. The van der Waals surface area contributed by atoms with Crippen molar-refractivity contribution in [2.75, 3.05) is 17.2 Å². The van der Waals surface area contributed by atoms with E-state index in [2.05, 4.69) is 10.6 Å². The number of ether oxygens (including phenoxy) is 1. The summed E-state index contributed by atoms with van der Waals surface area (Å²) in [4.78, 5) is 47.3. The van der Waals surface area contributed by atoms with Crippen LogP contribution in [-0.2, 0) is 19.7 Å². The maximum atomic E-state index is 12.4. The molecule has 28 heavy (non-hydrogen) atoms. The monoisotopic (exact) mass is 383 g/mol. The number of benzene rings is 2. The molecular weight excluding hydrogens is 366 g/mol. The number of nitro groups is 1. The number of hydrogen-bond donors (Lipinski definition) is 2. The van der Waals surface area contributed by atoms with Crippen LogP contribution < -0.4 is 10.6 Å². The topological polar surface area (TPSA) is 128 Å². The zero-order valence-electron chi connectivity index (χ0n) is 15.1. The molecule has 0 saturated heterocycles. The van der Waals surface area contributed by atoms with Crippen LogP contribution in [0.25, 0.3) is 0 Å². The highest BCUT2D eigenvalue weighted by atomic mass is 16.6. The van der Waals surface area contributed by atoms with Gasteiger partial charge in [0.2, 0.25) is 5.91 Å². The van der Waals surface area contributed by atoms with Crippen molar-refractivity contribution >= 4 is 34.8 Å². The van der Waals surface area contributed by atoms with Crippen molar-refractivity contribution < 1.29 is 24.0 Å². The van der Waals surface area contributed by atoms with Crippen molar-refractivity contribution in [3.63, 3.8) is 0 Å². The minimum atomic E-state index is -1.46. The third-order valence-electron chi connectivity index (χ3n) is 4.52. The SMILES string of the molecule is CCOC(=O)C1(C)C(=O)Nc2cc(NC(=O)c3cccc([N+](=O)[O-])c3)ccc21. The summed E-state index contributed by atoms with van der Waals surface area (Å²) >= 11 is 0. The van der Waals surface area contributed by atoms with Gasteiger partial charge in [0.05, 0.1) is 11.5 Å². The lowest BCUT2D eigenvalue weighted by molar-refractivity contribution is -0.384. The Labute approximate surface area is 159 Å². The smallest absolute Gasteiger partial charge is 0.326 e. The van der Waals surface area contributed by atoms with Gasteiger partial charge in [-0.25, -0.2) is 0 Å². The summed E-state index contributed by atoms with van der Waals surface area (Å²) in [6, 6.07) is 9.96. The summed E-state index contributed by atoms with van der Waals surface area (Å²) < 4.78 is 5.01. The number of carbonyl (C=O) groups excluding carboxylic acids is 3. The number of hydrogen-bond acceptors (Lipinski definition) is 6. The number of amides is 2. The Morgan fingerprint density at radius 1 is 1.25 bits per heavy atom. The van der Waals surface area contributed by atoms with E-state index in [1.54, 1.807) is 19.1 Å². The van der Waals surface area contributed by atoms with Gasteiger partial charge in [0.15, 0.2) is 5.41 Å². The molecule has 9 nitrogen and oxygen atoms in total. The number of non-ortho nitro benzene ring substituents is 1. The fraction of sp³-hybridized carbons (Fsp3) is 0.211. The zero-order valence-corrected chi connectivity index (χ0v) is 15.1. The molecule has 1 aliphatic rings. The predicted octanol–water partition coefficient (Wildman–Crippen LogP) is 2.62. The lowest BCUT2D eigenvalue weighted by Crippen LogP contribution is -2.40. The molecule has 2 aromatic carbocycles. The molecule has 1 atom stereocenters. The molecule has 0 bridgehead atoms. The van der Waals surface area contributed by atoms with Crippen molar-refractivity contribution in [1.29, 1.82) is 0 Å². The van der Waals surface area contributed by atoms with E-state index in [4.69, 9.17) is 4.74 Å². The van der Waals surface area contributed by atoms with Crippen LogP contribution in [0.15, 0.2) is 42.5 Å². The summed E-state index contributed by atoms with van der Waals surface area (Å²) in [5.74, 6) is -1.70. The highest BCUT2D eigenvalue weighted by Crippen LogP contribution is 2.40. The number of nitrogens with one attached hydrogen (secondary N) is 2. The second-order valence-electron chi connectivity index (χ2n) is 6.32. The Hall–Kier alpha value is -3.75. The number of anilines is 2. The number of rotatable bonds is 5. The first-order chi connectivity index (χ1) is 13.3. The number of carbonyl (C=O) groups is 3. The third-order valence-corrected chi connectivity index (χ3v) is 4.52. The van der Waals surface area contributed by atoms with Gasteiger partial charge >= 0.3 is 5.97 Å². The molecule has 0 aromatic heterocycles. The van der Waals surface area contributed by atoms with Crippen molar-refractivity contribution in [2.45, 2.75) is 19.3 Å². The van der Waals surface area contributed by atoms with Crippen molar-refractivity contribution in [3.8, 4) is 0 Å². The molecule has 2 aromatic rings. The number of nitro benzene ring substituents is 1. The second kappa shape index (κ2) is 7.10. The van der Waals surface area contributed by atoms with E-state index in [1.165, 1.54) is 37.3 Å². The van der Waals surface area contributed by atoms with Crippen LogP contribution in [0.1, 0.15) is 29.8 Å². The molecule has 0 spiro atoms. The van der Waals surface area contributed by atoms with Crippen LogP contribution >= 0.6 is 0 Å². The molecule has 0 radical (unpaired) electrons. The highest BCUT2D eigenvalue weighted by molar-refractivity contribution is 6.19. The Balaban J connectivity index is 1.85. The van der Waals surface area contributed by atoms with Gasteiger partial charge in [0.25, 0.3) is 11.6 Å². The Morgan fingerprint density at radius 2 is 2.00 bits per heavy atom. The maximum Gasteiger partial charge on any atom is 0.326 e. The summed E-state index contributed by atoms with van der Waals surface area (Å²) in [7, 11) is 0. The molecule has 1 heterocycles. The van der Waals surface area contributed by atoms with E-state index in [9.17, 15) is 24.5 Å². The number of fused-ring (bicyclic) bond motifs is 1. The van der Waals surface area contributed by atoms with Crippen LogP contribution in [-0.4, -0.2) is 29.3 Å². The van der Waals surface area contributed by atoms with Gasteiger partial charge < -0.3 is 15.4 Å². The fourth-order valence-electron chi connectivity index (χ4n) is 2.97. The van der Waals surface area contributed by atoms with E-state index in [0.29, 0.717) is 16.9 Å². The average Bonchev–Trinajstić information content (AvgIpc) is 2.93. The fourth-order valence-corrected chi connectivity index (χ4v) is 2.97. The Bertz CT molecular complexity index is 1000. The minimum absolute atomic E-state index is 0.120. The van der Waals surface area contributed by atoms with E-state index >= 15 is 0 Å². The summed E-state index contributed by atoms with van der Waals surface area (Å²) in [5.41, 5.74) is -0.340. The van der Waals surface area contributed by atoms with Gasteiger partial charge in [-0.3, -0.25) is 24.5 Å². The molecule has 1 unspecified atom stereocenters. The van der Waals surface area contributed by atoms with Crippen LogP contribution in [0.2, 0.25) is 0 Å². The second-order valence-corrected chi connectivity index (χ2v) is 6.32. The molecule has 0 saturated carbocycles. The van der Waals surface area contributed by atoms with Crippen LogP contribution in [0.3, 0.4) is 0 Å². The van der Waals surface area contributed by atoms with Gasteiger partial charge in [0.1, 0.15) is 0 Å². The average molecular weight is 383 g/mol. The van der Waals surface area contributed by atoms with Crippen molar-refractivity contribution in [2.24, 2.45) is 0 Å². The predicted molar refractivity (Wildman–Crippen MR) is 100 cm³/mol. The van der Waals surface area contributed by atoms with E-state index in [-0.39, 0.29) is 17.9 Å². The van der Waals surface area contributed by atoms with E-state index in [0.717, 1.165) is 0 Å². The van der Waals surface area contributed by atoms with Crippen molar-refractivity contribution in [3.05, 3.63) is 63.7 Å². The Kier molecular flexibility index (Phi) is 4.83. The Morgan fingerprint density at radius 3 is 2.68 bits per heavy atom. The quantitative estimate of drug-likeness (QED) is 0.354. The summed E-state index contributed by atoms with van der Waals surface area (Å²) in [5, 5.41) is 16.1. The van der Waals surface area contributed by atoms with Gasteiger partial charge in [-0.1, -0.05) is 12.1 Å². The third kappa shape index (κ3) is 3.18. The van der Waals surface area contributed by atoms with Crippen molar-refractivity contribution in [1.82, 2.24) is 0 Å². The van der Waals surface area contributed by atoms with E-state index < -0.39 is 28.1 Å². The van der Waals surface area contributed by atoms with Gasteiger partial charge in [-0.2, -0.15) is 0 Å². The molecule has 0 aliphatic carbocycles. The van der Waals surface area contributed by atoms with E-state index in [1.807, 2.05) is 0 Å². The molecule has 144 valence electrons. The van der Waals surface area contributed by atoms with Gasteiger partial charge in [0, 0.05) is 34.6 Å². The summed E-state index contributed by atoms with van der Waals surface area (Å²) in [6.45, 7) is 3.28.